The molecule has 0 amide bonds. The molecule has 0 radical (unpaired) electrons. The minimum atomic E-state index is -2.83. The summed E-state index contributed by atoms with van der Waals surface area (Å²) in [6.07, 6.45) is 0. The fourth-order valence-electron chi connectivity index (χ4n) is 6.97. The molecule has 3 aromatic carbocycles. The zero-order valence-corrected chi connectivity index (χ0v) is 30.9. The van der Waals surface area contributed by atoms with E-state index in [4.69, 9.17) is 0 Å². The van der Waals surface area contributed by atoms with Crippen LogP contribution in [0.1, 0.15) is 74.9 Å². The molecule has 4 heteroatoms. The second-order valence-corrected chi connectivity index (χ2v) is 18.8. The molecule has 0 spiro atoms. The molecule has 0 N–H and O–H groups in total. The Morgan fingerprint density at radius 2 is 0.550 bits per heavy atom. The number of rotatable bonds is 12. The van der Waals surface area contributed by atoms with Gasteiger partial charge in [0.15, 0.2) is 0 Å². The Hall–Kier alpha value is -2.07. The van der Waals surface area contributed by atoms with Gasteiger partial charge in [0.2, 0.25) is 0 Å². The zero-order valence-electron chi connectivity index (χ0n) is 27.6. The summed E-state index contributed by atoms with van der Waals surface area (Å²) < 4.78 is 5.00. The van der Waals surface area contributed by atoms with Crippen LogP contribution in [0.4, 0.5) is 17.1 Å². The molecular formula is C36H54InN3. The first kappa shape index (κ1) is 32.4. The van der Waals surface area contributed by atoms with E-state index in [1.807, 2.05) is 0 Å². The molecule has 3 rings (SSSR count). The van der Waals surface area contributed by atoms with Crippen LogP contribution in [0, 0.1) is 41.5 Å². The van der Waals surface area contributed by atoms with Crippen LogP contribution in [-0.2, 0) is 0 Å². The van der Waals surface area contributed by atoms with Gasteiger partial charge in [-0.15, -0.1) is 0 Å². The monoisotopic (exact) mass is 643 g/mol. The van der Waals surface area contributed by atoms with Gasteiger partial charge in [-0.25, -0.2) is 0 Å². The Bertz CT molecular complexity index is 1070. The van der Waals surface area contributed by atoms with Gasteiger partial charge in [0.05, 0.1) is 0 Å². The molecule has 3 nitrogen and oxygen atoms in total. The fraction of sp³-hybridized carbons (Fsp3) is 0.500. The van der Waals surface area contributed by atoms with Crippen LogP contribution in [0.5, 0.6) is 0 Å². The van der Waals surface area contributed by atoms with Crippen molar-refractivity contribution in [3.8, 4) is 0 Å². The quantitative estimate of drug-likeness (QED) is 0.221. The number of hydrogen-bond acceptors (Lipinski definition) is 3. The minimum absolute atomic E-state index is 1.04. The zero-order chi connectivity index (χ0) is 29.7. The molecule has 0 fully saturated rings. The van der Waals surface area contributed by atoms with E-state index in [1.165, 1.54) is 50.4 Å². The van der Waals surface area contributed by atoms with Gasteiger partial charge < -0.3 is 0 Å². The van der Waals surface area contributed by atoms with Crippen molar-refractivity contribution in [2.45, 2.75) is 83.1 Å². The molecule has 0 aliphatic rings. The summed E-state index contributed by atoms with van der Waals surface area (Å²) in [6.45, 7) is 34.1. The molecule has 0 atom stereocenters. The van der Waals surface area contributed by atoms with Crippen LogP contribution in [0.15, 0.2) is 36.4 Å². The van der Waals surface area contributed by atoms with Crippen molar-refractivity contribution in [2.24, 2.45) is 0 Å². The third kappa shape index (κ3) is 6.53. The molecule has 0 aromatic heterocycles. The van der Waals surface area contributed by atoms with Crippen molar-refractivity contribution >= 4 is 48.5 Å². The van der Waals surface area contributed by atoms with E-state index in [1.54, 1.807) is 9.96 Å². The maximum absolute atomic E-state index is 2.83. The topological polar surface area (TPSA) is 9.72 Å². The molecule has 216 valence electrons. The second-order valence-electron chi connectivity index (χ2n) is 11.4. The van der Waals surface area contributed by atoms with Gasteiger partial charge in [0, 0.05) is 0 Å². The van der Waals surface area contributed by atoms with Crippen LogP contribution in [-0.4, -0.2) is 60.7 Å². The number of benzene rings is 3. The van der Waals surface area contributed by atoms with Crippen LogP contribution >= 0.6 is 0 Å². The number of hydrogen-bond donors (Lipinski definition) is 0. The van der Waals surface area contributed by atoms with Crippen LogP contribution in [0.25, 0.3) is 0 Å². The Balaban J connectivity index is 2.38. The normalized spacial score (nSPS) is 11.1. The number of anilines is 3. The molecule has 0 unspecified atom stereocenters. The van der Waals surface area contributed by atoms with Crippen LogP contribution in [0.3, 0.4) is 0 Å². The molecule has 3 aromatic rings. The molecule has 40 heavy (non-hydrogen) atoms. The van der Waals surface area contributed by atoms with E-state index in [0.717, 1.165) is 39.3 Å². The SMILES string of the molecule is CCN(CC)c1cc(C)[c]([In]([c]2c(C)cc(N(CC)CC)cc2C)[c]2c(C)cc(N(CC)CC)cc2C)c(C)c1. The van der Waals surface area contributed by atoms with E-state index in [9.17, 15) is 0 Å². The van der Waals surface area contributed by atoms with Gasteiger partial charge in [0.25, 0.3) is 0 Å². The van der Waals surface area contributed by atoms with Crippen LogP contribution in [0.2, 0.25) is 0 Å². The number of aryl methyl sites for hydroxylation is 6. The summed E-state index contributed by atoms with van der Waals surface area (Å²) in [5.74, 6) is 0. The summed E-state index contributed by atoms with van der Waals surface area (Å²) in [5.41, 5.74) is 12.9. The molecule has 0 aliphatic carbocycles. The first-order valence-electron chi connectivity index (χ1n) is 15.6. The van der Waals surface area contributed by atoms with Gasteiger partial charge in [-0.05, 0) is 0 Å². The van der Waals surface area contributed by atoms with E-state index in [-0.39, 0.29) is 0 Å². The third-order valence-corrected chi connectivity index (χ3v) is 21.7. The molecule has 0 saturated carbocycles. The van der Waals surface area contributed by atoms with E-state index in [0.29, 0.717) is 0 Å². The summed E-state index contributed by atoms with van der Waals surface area (Å²) in [6, 6.07) is 14.9. The van der Waals surface area contributed by atoms with Gasteiger partial charge in [-0.3, -0.25) is 0 Å². The Kier molecular flexibility index (Phi) is 11.5. The first-order chi connectivity index (χ1) is 19.1. The van der Waals surface area contributed by atoms with E-state index in [2.05, 4.69) is 134 Å². The average Bonchev–Trinajstić information content (AvgIpc) is 2.89. The Labute approximate surface area is 254 Å². The predicted octanol–water partition coefficient (Wildman–Crippen LogP) is 6.59. The molecule has 0 saturated heterocycles. The molecule has 0 bridgehead atoms. The van der Waals surface area contributed by atoms with Gasteiger partial charge in [-0.1, -0.05) is 0 Å². The van der Waals surface area contributed by atoms with E-state index < -0.39 is 21.4 Å². The van der Waals surface area contributed by atoms with Crippen molar-refractivity contribution in [3.63, 3.8) is 0 Å². The second kappa shape index (κ2) is 14.2. The molecule has 0 heterocycles. The van der Waals surface area contributed by atoms with Crippen molar-refractivity contribution in [2.75, 3.05) is 54.0 Å². The molecule has 0 aliphatic heterocycles. The third-order valence-electron chi connectivity index (χ3n) is 8.99. The van der Waals surface area contributed by atoms with E-state index >= 15 is 0 Å². The first-order valence-corrected chi connectivity index (χ1v) is 20.6. The summed E-state index contributed by atoms with van der Waals surface area (Å²) in [7, 11) is 0. The summed E-state index contributed by atoms with van der Waals surface area (Å²) in [5, 5.41) is 0. The van der Waals surface area contributed by atoms with Crippen molar-refractivity contribution < 1.29 is 0 Å². The predicted molar refractivity (Wildman–Crippen MR) is 183 cm³/mol. The summed E-state index contributed by atoms with van der Waals surface area (Å²) in [4.78, 5) is 7.46. The van der Waals surface area contributed by atoms with Crippen molar-refractivity contribution in [3.05, 3.63) is 69.8 Å². The maximum atomic E-state index is 2.49. The average molecular weight is 644 g/mol. The van der Waals surface area contributed by atoms with Crippen LogP contribution < -0.4 is 24.7 Å². The fourth-order valence-corrected chi connectivity index (χ4v) is 18.7. The standard InChI is InChI=1S/3C12H18N.In/c3*1-5-13(6-2)12-8-10(3)7-11(4)9-12;/h3*8-9H,5-6H2,1-4H3;. The van der Waals surface area contributed by atoms with Gasteiger partial charge in [0.1, 0.15) is 0 Å². The summed E-state index contributed by atoms with van der Waals surface area (Å²) >= 11 is -2.83. The number of nitrogens with zero attached hydrogens (tertiary/aromatic N) is 3. The van der Waals surface area contributed by atoms with Gasteiger partial charge >= 0.3 is 255 Å². The molecular weight excluding hydrogens is 589 g/mol. The Morgan fingerprint density at radius 3 is 0.700 bits per heavy atom. The Morgan fingerprint density at radius 1 is 0.375 bits per heavy atom. The van der Waals surface area contributed by atoms with Gasteiger partial charge in [-0.2, -0.15) is 0 Å². The van der Waals surface area contributed by atoms with Crippen molar-refractivity contribution in [1.82, 2.24) is 0 Å². The van der Waals surface area contributed by atoms with Crippen molar-refractivity contribution in [1.29, 1.82) is 0 Å².